The van der Waals surface area contributed by atoms with E-state index in [4.69, 9.17) is 4.74 Å². The molecule has 1 atom stereocenters. The number of benzene rings is 1. The maximum Gasteiger partial charge on any atom is 0.273 e. The van der Waals surface area contributed by atoms with E-state index in [1.165, 1.54) is 23.5 Å². The van der Waals surface area contributed by atoms with Gasteiger partial charge in [0.15, 0.2) is 0 Å². The highest BCUT2D eigenvalue weighted by Gasteiger charge is 2.23. The summed E-state index contributed by atoms with van der Waals surface area (Å²) in [7, 11) is 0. The molecule has 4 nitrogen and oxygen atoms in total. The Morgan fingerprint density at radius 1 is 1.43 bits per heavy atom. The van der Waals surface area contributed by atoms with Crippen LogP contribution in [0.3, 0.4) is 0 Å². The van der Waals surface area contributed by atoms with Gasteiger partial charge in [0.25, 0.3) is 5.91 Å². The summed E-state index contributed by atoms with van der Waals surface area (Å²) < 4.78 is 18.4. The molecule has 23 heavy (non-hydrogen) atoms. The standard InChI is InChI=1S/C17H19FN2O2S/c1-2-20(9-12-7-8-22-10-12)17(21)15-11-23-16(19-15)13-3-5-14(18)6-4-13/h3-6,11-12H,2,7-10H2,1H3/t12-/m1/s1. The molecule has 2 heterocycles. The minimum atomic E-state index is -0.280. The van der Waals surface area contributed by atoms with Crippen LogP contribution in [0.4, 0.5) is 4.39 Å². The molecule has 3 rings (SSSR count). The topological polar surface area (TPSA) is 42.4 Å². The molecular weight excluding hydrogens is 315 g/mol. The van der Waals surface area contributed by atoms with Gasteiger partial charge < -0.3 is 9.64 Å². The lowest BCUT2D eigenvalue weighted by Gasteiger charge is -2.22. The summed E-state index contributed by atoms with van der Waals surface area (Å²) >= 11 is 1.40. The van der Waals surface area contributed by atoms with Gasteiger partial charge in [0, 0.05) is 36.6 Å². The van der Waals surface area contributed by atoms with Gasteiger partial charge in [0.05, 0.1) is 6.61 Å². The third kappa shape index (κ3) is 3.76. The fraction of sp³-hybridized carbons (Fsp3) is 0.412. The van der Waals surface area contributed by atoms with Crippen LogP contribution < -0.4 is 0 Å². The SMILES string of the molecule is CCN(C[C@H]1CCOC1)C(=O)c1csc(-c2ccc(F)cc2)n1. The predicted molar refractivity (Wildman–Crippen MR) is 88.0 cm³/mol. The third-order valence-electron chi connectivity index (χ3n) is 3.99. The van der Waals surface area contributed by atoms with Crippen LogP contribution >= 0.6 is 11.3 Å². The zero-order valence-electron chi connectivity index (χ0n) is 13.0. The van der Waals surface area contributed by atoms with Crippen LogP contribution in [0.15, 0.2) is 29.6 Å². The average Bonchev–Trinajstić information content (AvgIpc) is 3.24. The Balaban J connectivity index is 1.72. The summed E-state index contributed by atoms with van der Waals surface area (Å²) in [4.78, 5) is 18.9. The first-order valence-electron chi connectivity index (χ1n) is 7.76. The number of carbonyl (C=O) groups excluding carboxylic acids is 1. The van der Waals surface area contributed by atoms with Gasteiger partial charge in [0.1, 0.15) is 16.5 Å². The first kappa shape index (κ1) is 16.1. The number of ether oxygens (including phenoxy) is 1. The number of rotatable bonds is 5. The highest BCUT2D eigenvalue weighted by atomic mass is 32.1. The second kappa shape index (κ2) is 7.19. The lowest BCUT2D eigenvalue weighted by atomic mass is 10.1. The highest BCUT2D eigenvalue weighted by molar-refractivity contribution is 7.13. The maximum absolute atomic E-state index is 13.0. The molecule has 1 aliphatic heterocycles. The van der Waals surface area contributed by atoms with E-state index in [0.29, 0.717) is 24.7 Å². The summed E-state index contributed by atoms with van der Waals surface area (Å²) in [6, 6.07) is 6.15. The van der Waals surface area contributed by atoms with Crippen LogP contribution in [0, 0.1) is 11.7 Å². The van der Waals surface area contributed by atoms with E-state index in [9.17, 15) is 9.18 Å². The van der Waals surface area contributed by atoms with Crippen LogP contribution in [0.5, 0.6) is 0 Å². The van der Waals surface area contributed by atoms with Crippen LogP contribution in [0.1, 0.15) is 23.8 Å². The van der Waals surface area contributed by atoms with E-state index in [1.54, 1.807) is 17.5 Å². The smallest absolute Gasteiger partial charge is 0.273 e. The summed E-state index contributed by atoms with van der Waals surface area (Å²) in [5, 5.41) is 2.50. The largest absolute Gasteiger partial charge is 0.381 e. The lowest BCUT2D eigenvalue weighted by molar-refractivity contribution is 0.0726. The fourth-order valence-electron chi connectivity index (χ4n) is 2.65. The van der Waals surface area contributed by atoms with Crippen molar-refractivity contribution >= 4 is 17.2 Å². The minimum Gasteiger partial charge on any atom is -0.381 e. The molecule has 0 unspecified atom stereocenters. The first-order chi connectivity index (χ1) is 11.2. The van der Waals surface area contributed by atoms with Gasteiger partial charge in [-0.15, -0.1) is 11.3 Å². The quantitative estimate of drug-likeness (QED) is 0.841. The molecule has 6 heteroatoms. The molecule has 1 aliphatic rings. The number of hydrogen-bond donors (Lipinski definition) is 0. The van der Waals surface area contributed by atoms with Crippen molar-refractivity contribution in [3.63, 3.8) is 0 Å². The van der Waals surface area contributed by atoms with Crippen molar-refractivity contribution in [2.24, 2.45) is 5.92 Å². The third-order valence-corrected chi connectivity index (χ3v) is 4.88. The van der Waals surface area contributed by atoms with Crippen molar-refractivity contribution < 1.29 is 13.9 Å². The molecular formula is C17H19FN2O2S. The molecule has 0 saturated carbocycles. The van der Waals surface area contributed by atoms with E-state index < -0.39 is 0 Å². The van der Waals surface area contributed by atoms with Crippen LogP contribution in [-0.4, -0.2) is 42.1 Å². The molecule has 1 saturated heterocycles. The monoisotopic (exact) mass is 334 g/mol. The van der Waals surface area contributed by atoms with Gasteiger partial charge in [0.2, 0.25) is 0 Å². The van der Waals surface area contributed by atoms with E-state index in [1.807, 2.05) is 11.8 Å². The number of hydrogen-bond acceptors (Lipinski definition) is 4. The molecule has 0 N–H and O–H groups in total. The van der Waals surface area contributed by atoms with Gasteiger partial charge in [-0.2, -0.15) is 0 Å². The normalized spacial score (nSPS) is 17.4. The van der Waals surface area contributed by atoms with Gasteiger partial charge in [-0.05, 0) is 37.6 Å². The van der Waals surface area contributed by atoms with E-state index in [0.717, 1.165) is 30.2 Å². The summed E-state index contributed by atoms with van der Waals surface area (Å²) in [5.41, 5.74) is 1.28. The first-order valence-corrected chi connectivity index (χ1v) is 8.64. The number of amides is 1. The summed E-state index contributed by atoms with van der Waals surface area (Å²) in [6.07, 6.45) is 1.00. The number of thiazole rings is 1. The van der Waals surface area contributed by atoms with Crippen molar-refractivity contribution in [1.82, 2.24) is 9.88 Å². The second-order valence-electron chi connectivity index (χ2n) is 5.62. The van der Waals surface area contributed by atoms with E-state index in [2.05, 4.69) is 4.98 Å². The Morgan fingerprint density at radius 2 is 2.22 bits per heavy atom. The number of halogens is 1. The number of carbonyl (C=O) groups is 1. The predicted octanol–water partition coefficient (Wildman–Crippen LogP) is 3.45. The maximum atomic E-state index is 13.0. The van der Waals surface area contributed by atoms with Crippen molar-refractivity contribution in [2.75, 3.05) is 26.3 Å². The van der Waals surface area contributed by atoms with Crippen molar-refractivity contribution in [1.29, 1.82) is 0 Å². The molecule has 2 aromatic rings. The Hall–Kier alpha value is -1.79. The van der Waals surface area contributed by atoms with Crippen molar-refractivity contribution in [3.05, 3.63) is 41.2 Å². The van der Waals surface area contributed by atoms with Crippen LogP contribution in [0.25, 0.3) is 10.6 Å². The Morgan fingerprint density at radius 3 is 2.87 bits per heavy atom. The van der Waals surface area contributed by atoms with E-state index >= 15 is 0 Å². The zero-order chi connectivity index (χ0) is 16.2. The fourth-order valence-corrected chi connectivity index (χ4v) is 3.45. The van der Waals surface area contributed by atoms with Gasteiger partial charge >= 0.3 is 0 Å². The lowest BCUT2D eigenvalue weighted by Crippen LogP contribution is -2.35. The Bertz CT molecular complexity index is 665. The summed E-state index contributed by atoms with van der Waals surface area (Å²) in [5.74, 6) is 0.0793. The average molecular weight is 334 g/mol. The van der Waals surface area contributed by atoms with Gasteiger partial charge in [-0.3, -0.25) is 4.79 Å². The second-order valence-corrected chi connectivity index (χ2v) is 6.48. The van der Waals surface area contributed by atoms with Crippen molar-refractivity contribution in [3.8, 4) is 10.6 Å². The molecule has 0 radical (unpaired) electrons. The van der Waals surface area contributed by atoms with E-state index in [-0.39, 0.29) is 11.7 Å². The van der Waals surface area contributed by atoms with Gasteiger partial charge in [-0.1, -0.05) is 0 Å². The zero-order valence-corrected chi connectivity index (χ0v) is 13.8. The number of aromatic nitrogens is 1. The van der Waals surface area contributed by atoms with Crippen LogP contribution in [-0.2, 0) is 4.74 Å². The highest BCUT2D eigenvalue weighted by Crippen LogP contribution is 2.25. The molecule has 1 aromatic heterocycles. The molecule has 0 aliphatic carbocycles. The molecule has 1 fully saturated rings. The molecule has 122 valence electrons. The molecule has 1 amide bonds. The Labute approximate surface area is 138 Å². The Kier molecular flexibility index (Phi) is 5.03. The van der Waals surface area contributed by atoms with Gasteiger partial charge in [-0.25, -0.2) is 9.37 Å². The van der Waals surface area contributed by atoms with Crippen molar-refractivity contribution in [2.45, 2.75) is 13.3 Å². The molecule has 0 spiro atoms. The molecule has 0 bridgehead atoms. The molecule has 1 aromatic carbocycles. The summed E-state index contributed by atoms with van der Waals surface area (Å²) in [6.45, 7) is 4.84. The number of nitrogens with zero attached hydrogens (tertiary/aromatic N) is 2. The van der Waals surface area contributed by atoms with Crippen LogP contribution in [0.2, 0.25) is 0 Å². The minimum absolute atomic E-state index is 0.0518.